The minimum atomic E-state index is -4.12. The molecule has 30 heavy (non-hydrogen) atoms. The normalized spacial score (nSPS) is 16.2. The van der Waals surface area contributed by atoms with Crippen molar-refractivity contribution in [2.45, 2.75) is 30.1 Å². The van der Waals surface area contributed by atoms with E-state index in [9.17, 15) is 27.1 Å². The SMILES string of the molecule is Cn1c(Nc2ccc(I)cc2F)c(NS(=O)(=O)C2(CC(O)CO)CC2)cc(F)c1=O. The molecule has 164 valence electrons. The Balaban J connectivity index is 2.01. The first kappa shape index (κ1) is 22.9. The van der Waals surface area contributed by atoms with Crippen LogP contribution in [0.25, 0.3) is 0 Å². The van der Waals surface area contributed by atoms with Crippen molar-refractivity contribution in [1.29, 1.82) is 0 Å². The van der Waals surface area contributed by atoms with Gasteiger partial charge in [0.25, 0.3) is 5.56 Å². The Bertz CT molecular complexity index is 1140. The van der Waals surface area contributed by atoms with Gasteiger partial charge in [-0.25, -0.2) is 17.2 Å². The van der Waals surface area contributed by atoms with E-state index in [4.69, 9.17) is 5.11 Å². The lowest BCUT2D eigenvalue weighted by atomic mass is 10.2. The standard InChI is InChI=1S/C18H20F2IN3O5S/c1-24-16(22-14-3-2-10(21)6-12(14)19)15(7-13(20)17(24)27)23-30(28,29)18(4-5-18)8-11(26)9-25/h2-3,6-7,11,22-23,25-26H,4-5,8-9H2,1H3. The van der Waals surface area contributed by atoms with E-state index < -0.39 is 44.7 Å². The molecule has 1 atom stereocenters. The molecule has 0 spiro atoms. The number of hydrogen-bond donors (Lipinski definition) is 4. The zero-order valence-electron chi connectivity index (χ0n) is 15.8. The minimum absolute atomic E-state index is 0.0330. The molecule has 1 aromatic heterocycles. The topological polar surface area (TPSA) is 121 Å². The molecule has 0 aliphatic heterocycles. The first-order chi connectivity index (χ1) is 14.0. The molecular formula is C18H20F2IN3O5S. The lowest BCUT2D eigenvalue weighted by Gasteiger charge is -2.22. The third-order valence-electron chi connectivity index (χ3n) is 5.00. The number of nitrogens with zero attached hydrogens (tertiary/aromatic N) is 1. The van der Waals surface area contributed by atoms with Crippen LogP contribution in [0.5, 0.6) is 0 Å². The maximum absolute atomic E-state index is 14.3. The molecule has 2 aromatic rings. The number of nitrogens with one attached hydrogen (secondary N) is 2. The van der Waals surface area contributed by atoms with Crippen molar-refractivity contribution in [3.8, 4) is 0 Å². The summed E-state index contributed by atoms with van der Waals surface area (Å²) in [5, 5.41) is 21.4. The van der Waals surface area contributed by atoms with E-state index in [1.54, 1.807) is 6.07 Å². The van der Waals surface area contributed by atoms with Gasteiger partial charge in [-0.2, -0.15) is 0 Å². The zero-order chi connectivity index (χ0) is 22.3. The molecule has 1 unspecified atom stereocenters. The summed E-state index contributed by atoms with van der Waals surface area (Å²) in [5.74, 6) is -1.98. The van der Waals surface area contributed by atoms with Crippen LogP contribution in [0.1, 0.15) is 19.3 Å². The summed E-state index contributed by atoms with van der Waals surface area (Å²) in [6.07, 6.45) is -0.911. The molecule has 1 aliphatic rings. The highest BCUT2D eigenvalue weighted by Gasteiger charge is 2.55. The van der Waals surface area contributed by atoms with Crippen LogP contribution in [0.4, 0.5) is 26.0 Å². The molecule has 1 saturated carbocycles. The Labute approximate surface area is 185 Å². The van der Waals surface area contributed by atoms with Crippen molar-refractivity contribution in [2.24, 2.45) is 7.05 Å². The molecule has 0 bridgehead atoms. The maximum atomic E-state index is 14.3. The monoisotopic (exact) mass is 555 g/mol. The number of benzene rings is 1. The van der Waals surface area contributed by atoms with Crippen molar-refractivity contribution in [2.75, 3.05) is 16.6 Å². The van der Waals surface area contributed by atoms with Gasteiger partial charge in [0, 0.05) is 16.7 Å². The zero-order valence-corrected chi connectivity index (χ0v) is 18.8. The average molecular weight is 555 g/mol. The fourth-order valence-electron chi connectivity index (χ4n) is 3.12. The van der Waals surface area contributed by atoms with Crippen LogP contribution in [0.2, 0.25) is 0 Å². The number of hydrogen-bond acceptors (Lipinski definition) is 6. The molecule has 3 rings (SSSR count). The predicted molar refractivity (Wildman–Crippen MR) is 116 cm³/mol. The van der Waals surface area contributed by atoms with Gasteiger partial charge >= 0.3 is 0 Å². The highest BCUT2D eigenvalue weighted by atomic mass is 127. The molecule has 1 aromatic carbocycles. The van der Waals surface area contributed by atoms with Crippen LogP contribution in [-0.2, 0) is 17.1 Å². The lowest BCUT2D eigenvalue weighted by Crippen LogP contribution is -2.35. The Kier molecular flexibility index (Phi) is 6.41. The summed E-state index contributed by atoms with van der Waals surface area (Å²) in [4.78, 5) is 12.0. The van der Waals surface area contributed by atoms with E-state index in [0.29, 0.717) is 3.57 Å². The fraction of sp³-hybridized carbons (Fsp3) is 0.389. The number of anilines is 3. The Hall–Kier alpha value is -1.77. The van der Waals surface area contributed by atoms with Crippen LogP contribution in [-0.4, -0.2) is 40.7 Å². The average Bonchev–Trinajstić information content (AvgIpc) is 3.45. The summed E-state index contributed by atoms with van der Waals surface area (Å²) in [6, 6.07) is 4.98. The van der Waals surface area contributed by atoms with E-state index in [-0.39, 0.29) is 36.5 Å². The molecular weight excluding hydrogens is 535 g/mol. The number of aliphatic hydroxyl groups excluding tert-OH is 2. The smallest absolute Gasteiger partial charge is 0.287 e. The fourth-order valence-corrected chi connectivity index (χ4v) is 5.28. The third-order valence-corrected chi connectivity index (χ3v) is 7.87. The second-order valence-electron chi connectivity index (χ2n) is 7.20. The van der Waals surface area contributed by atoms with E-state index in [0.717, 1.165) is 10.6 Å². The number of aromatic nitrogens is 1. The van der Waals surface area contributed by atoms with Crippen LogP contribution in [0.15, 0.2) is 29.1 Å². The van der Waals surface area contributed by atoms with Crippen LogP contribution >= 0.6 is 22.6 Å². The Morgan fingerprint density at radius 2 is 1.90 bits per heavy atom. The van der Waals surface area contributed by atoms with Gasteiger partial charge in [0.15, 0.2) is 5.82 Å². The summed E-state index contributed by atoms with van der Waals surface area (Å²) in [6.45, 7) is -0.593. The van der Waals surface area contributed by atoms with Gasteiger partial charge in [-0.05, 0) is 60.1 Å². The van der Waals surface area contributed by atoms with Crippen molar-refractivity contribution < 1.29 is 27.4 Å². The molecule has 0 saturated heterocycles. The van der Waals surface area contributed by atoms with E-state index in [1.807, 2.05) is 22.6 Å². The Morgan fingerprint density at radius 1 is 1.23 bits per heavy atom. The second kappa shape index (κ2) is 8.40. The van der Waals surface area contributed by atoms with Crippen LogP contribution in [0, 0.1) is 15.2 Å². The molecule has 8 nitrogen and oxygen atoms in total. The van der Waals surface area contributed by atoms with Crippen molar-refractivity contribution in [1.82, 2.24) is 4.57 Å². The quantitative estimate of drug-likeness (QED) is 0.370. The molecule has 1 heterocycles. The third kappa shape index (κ3) is 4.45. The number of pyridine rings is 1. The molecule has 1 aliphatic carbocycles. The molecule has 4 N–H and O–H groups in total. The highest BCUT2D eigenvalue weighted by Crippen LogP contribution is 2.48. The number of halogens is 3. The first-order valence-electron chi connectivity index (χ1n) is 8.92. The van der Waals surface area contributed by atoms with Gasteiger partial charge in [0.1, 0.15) is 11.6 Å². The summed E-state index contributed by atoms with van der Waals surface area (Å²) in [7, 11) is -2.90. The van der Waals surface area contributed by atoms with E-state index in [2.05, 4.69) is 10.0 Å². The van der Waals surface area contributed by atoms with E-state index >= 15 is 0 Å². The van der Waals surface area contributed by atoms with Crippen molar-refractivity contribution in [3.63, 3.8) is 0 Å². The first-order valence-corrected chi connectivity index (χ1v) is 11.5. The lowest BCUT2D eigenvalue weighted by molar-refractivity contribution is 0.0858. The summed E-state index contributed by atoms with van der Waals surface area (Å²) < 4.78 is 56.7. The van der Waals surface area contributed by atoms with Crippen LogP contribution < -0.4 is 15.6 Å². The van der Waals surface area contributed by atoms with Gasteiger partial charge in [0.05, 0.1) is 28.8 Å². The second-order valence-corrected chi connectivity index (χ2v) is 10.5. The largest absolute Gasteiger partial charge is 0.394 e. The molecule has 12 heteroatoms. The van der Waals surface area contributed by atoms with Crippen molar-refractivity contribution >= 4 is 49.8 Å². The highest BCUT2D eigenvalue weighted by molar-refractivity contribution is 14.1. The summed E-state index contributed by atoms with van der Waals surface area (Å²) in [5.41, 5.74) is -1.34. The van der Waals surface area contributed by atoms with Gasteiger partial charge in [0.2, 0.25) is 10.0 Å². The van der Waals surface area contributed by atoms with Gasteiger partial charge in [-0.15, -0.1) is 0 Å². The minimum Gasteiger partial charge on any atom is -0.394 e. The van der Waals surface area contributed by atoms with Crippen molar-refractivity contribution in [3.05, 3.63) is 49.8 Å². The van der Waals surface area contributed by atoms with Gasteiger partial charge in [-0.3, -0.25) is 14.1 Å². The van der Waals surface area contributed by atoms with Gasteiger partial charge < -0.3 is 15.5 Å². The molecule has 1 fully saturated rings. The number of aliphatic hydroxyl groups is 2. The molecule has 0 amide bonds. The van der Waals surface area contributed by atoms with Crippen LogP contribution in [0.3, 0.4) is 0 Å². The van der Waals surface area contributed by atoms with Gasteiger partial charge in [-0.1, -0.05) is 0 Å². The number of sulfonamides is 1. The summed E-state index contributed by atoms with van der Waals surface area (Å²) >= 11 is 1.92. The van der Waals surface area contributed by atoms with E-state index in [1.165, 1.54) is 19.2 Å². The number of rotatable bonds is 8. The maximum Gasteiger partial charge on any atom is 0.287 e. The Morgan fingerprint density at radius 3 is 2.47 bits per heavy atom. The predicted octanol–water partition coefficient (Wildman–Crippen LogP) is 2.03. The molecule has 0 radical (unpaired) electrons.